The van der Waals surface area contributed by atoms with E-state index in [9.17, 15) is 0 Å². The molecular formula is C14H22. The summed E-state index contributed by atoms with van der Waals surface area (Å²) in [6.45, 7) is 2.24. The molecule has 0 amide bonds. The van der Waals surface area contributed by atoms with Crippen molar-refractivity contribution in [3.8, 4) is 12.3 Å². The molecule has 0 aromatic carbocycles. The summed E-state index contributed by atoms with van der Waals surface area (Å²) in [5.41, 5.74) is 0. The number of unbranched alkanes of at least 4 members (excludes halogenated alkanes) is 5. The Kier molecular flexibility index (Phi) is 11.2. The van der Waals surface area contributed by atoms with Gasteiger partial charge in [0, 0.05) is 6.42 Å². The van der Waals surface area contributed by atoms with Crippen molar-refractivity contribution in [3.05, 3.63) is 24.3 Å². The average Bonchev–Trinajstić information content (AvgIpc) is 2.21. The minimum Gasteiger partial charge on any atom is -0.120 e. The summed E-state index contributed by atoms with van der Waals surface area (Å²) in [6, 6.07) is 0. The van der Waals surface area contributed by atoms with Crippen LogP contribution in [0.3, 0.4) is 0 Å². The van der Waals surface area contributed by atoms with Crippen LogP contribution in [-0.4, -0.2) is 0 Å². The third kappa shape index (κ3) is 11.0. The molecule has 0 aromatic heterocycles. The fraction of sp³-hybridized carbons (Fsp3) is 0.571. The van der Waals surface area contributed by atoms with E-state index in [1.165, 1.54) is 32.1 Å². The van der Waals surface area contributed by atoms with Crippen molar-refractivity contribution >= 4 is 0 Å². The molecule has 0 aromatic rings. The highest BCUT2D eigenvalue weighted by atomic mass is 13.9. The average molecular weight is 190 g/mol. The van der Waals surface area contributed by atoms with Gasteiger partial charge < -0.3 is 0 Å². The third-order valence-electron chi connectivity index (χ3n) is 2.06. The van der Waals surface area contributed by atoms with Crippen LogP contribution in [0.1, 0.15) is 51.9 Å². The summed E-state index contributed by atoms with van der Waals surface area (Å²) < 4.78 is 0. The van der Waals surface area contributed by atoms with Crippen LogP contribution in [0.2, 0.25) is 0 Å². The molecule has 0 unspecified atom stereocenters. The summed E-state index contributed by atoms with van der Waals surface area (Å²) in [5.74, 6) is 2.62. The van der Waals surface area contributed by atoms with Gasteiger partial charge in [-0.05, 0) is 19.3 Å². The van der Waals surface area contributed by atoms with Crippen LogP contribution < -0.4 is 0 Å². The summed E-state index contributed by atoms with van der Waals surface area (Å²) in [7, 11) is 0. The van der Waals surface area contributed by atoms with Crippen molar-refractivity contribution in [3.63, 3.8) is 0 Å². The smallest absolute Gasteiger partial charge is 0.0121 e. The lowest BCUT2D eigenvalue weighted by molar-refractivity contribution is 0.674. The maximum Gasteiger partial charge on any atom is 0.0121 e. The van der Waals surface area contributed by atoms with Crippen molar-refractivity contribution in [1.29, 1.82) is 0 Å². The van der Waals surface area contributed by atoms with Crippen molar-refractivity contribution < 1.29 is 0 Å². The van der Waals surface area contributed by atoms with E-state index >= 15 is 0 Å². The van der Waals surface area contributed by atoms with Gasteiger partial charge in [0.1, 0.15) is 0 Å². The van der Waals surface area contributed by atoms with Gasteiger partial charge in [0.05, 0.1) is 0 Å². The van der Waals surface area contributed by atoms with Crippen molar-refractivity contribution in [2.75, 3.05) is 0 Å². The highest BCUT2D eigenvalue weighted by Gasteiger charge is 1.83. The van der Waals surface area contributed by atoms with Crippen molar-refractivity contribution in [1.82, 2.24) is 0 Å². The van der Waals surface area contributed by atoms with Crippen molar-refractivity contribution in [2.24, 2.45) is 0 Å². The molecule has 0 spiro atoms. The topological polar surface area (TPSA) is 0 Å². The van der Waals surface area contributed by atoms with Crippen LogP contribution >= 0.6 is 0 Å². The Morgan fingerprint density at radius 1 is 1.00 bits per heavy atom. The SMILES string of the molecule is C#CCC/C=C/C=C/CCCCCC. The van der Waals surface area contributed by atoms with Gasteiger partial charge in [-0.15, -0.1) is 12.3 Å². The Morgan fingerprint density at radius 2 is 1.71 bits per heavy atom. The van der Waals surface area contributed by atoms with E-state index in [1.54, 1.807) is 0 Å². The van der Waals surface area contributed by atoms with E-state index in [0.29, 0.717) is 0 Å². The molecule has 14 heavy (non-hydrogen) atoms. The molecule has 0 heteroatoms. The van der Waals surface area contributed by atoms with Crippen molar-refractivity contribution in [2.45, 2.75) is 51.9 Å². The van der Waals surface area contributed by atoms with Crippen LogP contribution in [0.25, 0.3) is 0 Å². The molecular weight excluding hydrogens is 168 g/mol. The maximum absolute atomic E-state index is 5.14. The molecule has 0 nitrogen and oxygen atoms in total. The first-order valence-electron chi connectivity index (χ1n) is 5.67. The summed E-state index contributed by atoms with van der Waals surface area (Å²) in [4.78, 5) is 0. The van der Waals surface area contributed by atoms with E-state index < -0.39 is 0 Å². The number of allylic oxidation sites excluding steroid dienone is 4. The number of terminal acetylenes is 1. The summed E-state index contributed by atoms with van der Waals surface area (Å²) >= 11 is 0. The van der Waals surface area contributed by atoms with Gasteiger partial charge in [0.25, 0.3) is 0 Å². The zero-order valence-corrected chi connectivity index (χ0v) is 9.34. The molecule has 0 N–H and O–H groups in total. The first-order chi connectivity index (χ1) is 6.91. The predicted molar refractivity (Wildman–Crippen MR) is 65.1 cm³/mol. The monoisotopic (exact) mass is 190 g/mol. The minimum atomic E-state index is 0.848. The van der Waals surface area contributed by atoms with E-state index in [0.717, 1.165) is 12.8 Å². The molecule has 0 aliphatic carbocycles. The fourth-order valence-electron chi connectivity index (χ4n) is 1.21. The largest absolute Gasteiger partial charge is 0.120 e. The minimum absolute atomic E-state index is 0.848. The van der Waals surface area contributed by atoms with E-state index in [2.05, 4.69) is 37.1 Å². The molecule has 0 aliphatic rings. The Hall–Kier alpha value is -0.960. The highest BCUT2D eigenvalue weighted by Crippen LogP contribution is 2.02. The normalized spacial score (nSPS) is 11.1. The van der Waals surface area contributed by atoms with Gasteiger partial charge in [0.15, 0.2) is 0 Å². The van der Waals surface area contributed by atoms with Crippen LogP contribution in [0.5, 0.6) is 0 Å². The van der Waals surface area contributed by atoms with E-state index in [4.69, 9.17) is 6.42 Å². The van der Waals surface area contributed by atoms with Crippen LogP contribution in [0, 0.1) is 12.3 Å². The van der Waals surface area contributed by atoms with Crippen LogP contribution in [0.4, 0.5) is 0 Å². The number of hydrogen-bond acceptors (Lipinski definition) is 0. The molecule has 0 atom stereocenters. The highest BCUT2D eigenvalue weighted by molar-refractivity contribution is 5.03. The lowest BCUT2D eigenvalue weighted by Gasteiger charge is -1.92. The van der Waals surface area contributed by atoms with Crippen LogP contribution in [-0.2, 0) is 0 Å². The van der Waals surface area contributed by atoms with E-state index in [1.807, 2.05) is 0 Å². The molecule has 0 bridgehead atoms. The Bertz CT molecular complexity index is 191. The van der Waals surface area contributed by atoms with Gasteiger partial charge in [-0.3, -0.25) is 0 Å². The molecule has 78 valence electrons. The van der Waals surface area contributed by atoms with Gasteiger partial charge in [-0.1, -0.05) is 50.5 Å². The second-order valence-corrected chi connectivity index (χ2v) is 3.45. The van der Waals surface area contributed by atoms with Gasteiger partial charge in [0.2, 0.25) is 0 Å². The first kappa shape index (κ1) is 13.0. The lowest BCUT2D eigenvalue weighted by Crippen LogP contribution is -1.73. The van der Waals surface area contributed by atoms with Gasteiger partial charge >= 0.3 is 0 Å². The summed E-state index contributed by atoms with van der Waals surface area (Å²) in [6.07, 6.45) is 22.1. The molecule has 0 radical (unpaired) electrons. The Balaban J connectivity index is 3.19. The zero-order valence-electron chi connectivity index (χ0n) is 9.34. The van der Waals surface area contributed by atoms with Gasteiger partial charge in [-0.2, -0.15) is 0 Å². The molecule has 0 aliphatic heterocycles. The van der Waals surface area contributed by atoms with E-state index in [-0.39, 0.29) is 0 Å². The quantitative estimate of drug-likeness (QED) is 0.301. The third-order valence-corrected chi connectivity index (χ3v) is 2.06. The molecule has 0 fully saturated rings. The molecule has 0 rings (SSSR count). The molecule has 0 heterocycles. The Labute approximate surface area is 89.1 Å². The maximum atomic E-state index is 5.14. The van der Waals surface area contributed by atoms with Gasteiger partial charge in [-0.25, -0.2) is 0 Å². The molecule has 0 saturated carbocycles. The number of hydrogen-bond donors (Lipinski definition) is 0. The Morgan fingerprint density at radius 3 is 2.36 bits per heavy atom. The second kappa shape index (κ2) is 12.0. The lowest BCUT2D eigenvalue weighted by atomic mass is 10.1. The predicted octanol–water partition coefficient (Wildman–Crippen LogP) is 4.48. The second-order valence-electron chi connectivity index (χ2n) is 3.45. The zero-order chi connectivity index (χ0) is 10.5. The number of rotatable bonds is 8. The first-order valence-corrected chi connectivity index (χ1v) is 5.67. The standard InChI is InChI=1S/C14H22/c1-3-5-7-9-11-13-14-12-10-8-6-4-2/h1,9,11,13-14H,4-8,10,12H2,2H3/b11-9+,14-13+. The van der Waals surface area contributed by atoms with Crippen LogP contribution in [0.15, 0.2) is 24.3 Å². The fourth-order valence-corrected chi connectivity index (χ4v) is 1.21. The summed E-state index contributed by atoms with van der Waals surface area (Å²) in [5, 5.41) is 0. The molecule has 0 saturated heterocycles.